The molecule has 6 nitrogen and oxygen atoms in total. The Bertz CT molecular complexity index is 782. The van der Waals surface area contributed by atoms with Gasteiger partial charge >= 0.3 is 0 Å². The molecule has 2 saturated heterocycles. The second kappa shape index (κ2) is 9.61. The highest BCUT2D eigenvalue weighted by molar-refractivity contribution is 7.09. The molecule has 1 amide bonds. The third kappa shape index (κ3) is 5.10. The Kier molecular flexibility index (Phi) is 6.69. The first-order valence-electron chi connectivity index (χ1n) is 10.4. The van der Waals surface area contributed by atoms with E-state index in [1.165, 1.54) is 4.88 Å². The topological polar surface area (TPSA) is 39.3 Å². The summed E-state index contributed by atoms with van der Waals surface area (Å²) in [5.41, 5.74) is 1.14. The minimum Gasteiger partial charge on any atom is -0.495 e. The zero-order chi connectivity index (χ0) is 20.1. The molecule has 0 radical (unpaired) electrons. The Morgan fingerprint density at radius 2 is 1.66 bits per heavy atom. The van der Waals surface area contributed by atoms with Gasteiger partial charge in [-0.1, -0.05) is 18.2 Å². The molecule has 2 fully saturated rings. The Morgan fingerprint density at radius 1 is 0.931 bits per heavy atom. The summed E-state index contributed by atoms with van der Waals surface area (Å²) in [6.07, 6.45) is 0. The minimum absolute atomic E-state index is 0.270. The Labute approximate surface area is 177 Å². The molecule has 0 spiro atoms. The molecular formula is C22H30N4O2S. The second-order valence-electron chi connectivity index (χ2n) is 7.67. The molecule has 1 aromatic heterocycles. The second-order valence-corrected chi connectivity index (χ2v) is 8.70. The molecule has 7 heteroatoms. The van der Waals surface area contributed by atoms with Crippen LogP contribution in [0.3, 0.4) is 0 Å². The van der Waals surface area contributed by atoms with E-state index in [9.17, 15) is 4.79 Å². The molecule has 1 aromatic carbocycles. The fraction of sp³-hybridized carbons (Fsp3) is 0.500. The number of methoxy groups -OCH3 is 1. The molecule has 3 heterocycles. The van der Waals surface area contributed by atoms with Gasteiger partial charge in [-0.3, -0.25) is 14.6 Å². The van der Waals surface area contributed by atoms with Crippen LogP contribution in [0, 0.1) is 0 Å². The molecule has 156 valence electrons. The van der Waals surface area contributed by atoms with Crippen LogP contribution in [0.15, 0.2) is 41.8 Å². The first-order valence-corrected chi connectivity index (χ1v) is 11.2. The normalized spacial score (nSPS) is 18.8. The van der Waals surface area contributed by atoms with Gasteiger partial charge in [-0.05, 0) is 23.6 Å². The number of benzene rings is 1. The van der Waals surface area contributed by atoms with Gasteiger partial charge in [-0.25, -0.2) is 0 Å². The van der Waals surface area contributed by atoms with Crippen LogP contribution in [0.4, 0.5) is 5.69 Å². The molecule has 0 saturated carbocycles. The van der Waals surface area contributed by atoms with E-state index in [2.05, 4.69) is 38.3 Å². The maximum absolute atomic E-state index is 12.8. The largest absolute Gasteiger partial charge is 0.495 e. The number of amides is 1. The average Bonchev–Trinajstić information content (AvgIpc) is 3.28. The van der Waals surface area contributed by atoms with Crippen LogP contribution in [0.1, 0.15) is 4.88 Å². The standard InChI is InChI=1S/C22H30N4O2S/c1-28-21-7-3-2-6-20(21)25-12-8-24(9-13-25)18-22(27)26-14-10-23(11-15-26)17-19-5-4-16-29-19/h2-7,16H,8-15,17-18H2,1H3. The number of thiophene rings is 1. The van der Waals surface area contributed by atoms with Gasteiger partial charge in [0.05, 0.1) is 19.3 Å². The lowest BCUT2D eigenvalue weighted by molar-refractivity contribution is -0.134. The van der Waals surface area contributed by atoms with Crippen LogP contribution in [0.25, 0.3) is 0 Å². The van der Waals surface area contributed by atoms with Crippen LogP contribution < -0.4 is 9.64 Å². The van der Waals surface area contributed by atoms with Crippen molar-refractivity contribution >= 4 is 22.9 Å². The highest BCUT2D eigenvalue weighted by Crippen LogP contribution is 2.28. The molecule has 0 bridgehead atoms. The quantitative estimate of drug-likeness (QED) is 0.725. The van der Waals surface area contributed by atoms with Crippen molar-refractivity contribution in [3.8, 4) is 5.75 Å². The number of para-hydroxylation sites is 2. The smallest absolute Gasteiger partial charge is 0.236 e. The summed E-state index contributed by atoms with van der Waals surface area (Å²) >= 11 is 1.81. The summed E-state index contributed by atoms with van der Waals surface area (Å²) in [6, 6.07) is 12.4. The van der Waals surface area contributed by atoms with Crippen molar-refractivity contribution in [2.75, 3.05) is 70.9 Å². The van der Waals surface area contributed by atoms with Crippen molar-refractivity contribution < 1.29 is 9.53 Å². The van der Waals surface area contributed by atoms with Crippen molar-refractivity contribution in [3.63, 3.8) is 0 Å². The molecule has 0 N–H and O–H groups in total. The van der Waals surface area contributed by atoms with E-state index in [1.807, 2.05) is 34.4 Å². The van der Waals surface area contributed by atoms with Crippen molar-refractivity contribution in [1.29, 1.82) is 0 Å². The monoisotopic (exact) mass is 414 g/mol. The van der Waals surface area contributed by atoms with E-state index in [-0.39, 0.29) is 5.91 Å². The van der Waals surface area contributed by atoms with E-state index in [0.29, 0.717) is 6.54 Å². The number of hydrogen-bond donors (Lipinski definition) is 0. The maximum atomic E-state index is 12.8. The number of rotatable bonds is 6. The number of hydrogen-bond acceptors (Lipinski definition) is 6. The highest BCUT2D eigenvalue weighted by Gasteiger charge is 2.25. The summed E-state index contributed by atoms with van der Waals surface area (Å²) in [7, 11) is 1.72. The zero-order valence-corrected chi connectivity index (χ0v) is 17.9. The first kappa shape index (κ1) is 20.2. The number of carbonyl (C=O) groups is 1. The van der Waals surface area contributed by atoms with Gasteiger partial charge in [-0.2, -0.15) is 0 Å². The molecular weight excluding hydrogens is 384 g/mol. The predicted octanol–water partition coefficient (Wildman–Crippen LogP) is 2.22. The van der Waals surface area contributed by atoms with E-state index in [1.54, 1.807) is 7.11 Å². The molecule has 2 aliphatic rings. The van der Waals surface area contributed by atoms with Gasteiger partial charge in [-0.15, -0.1) is 11.3 Å². The highest BCUT2D eigenvalue weighted by atomic mass is 32.1. The van der Waals surface area contributed by atoms with Crippen LogP contribution >= 0.6 is 11.3 Å². The summed E-state index contributed by atoms with van der Waals surface area (Å²) < 4.78 is 5.49. The number of ether oxygens (including phenoxy) is 1. The van der Waals surface area contributed by atoms with Gasteiger partial charge in [0.25, 0.3) is 0 Å². The van der Waals surface area contributed by atoms with Gasteiger partial charge < -0.3 is 14.5 Å². The van der Waals surface area contributed by atoms with Crippen LogP contribution in [0.5, 0.6) is 5.75 Å². The molecule has 29 heavy (non-hydrogen) atoms. The Balaban J connectivity index is 1.21. The molecule has 0 aliphatic carbocycles. The lowest BCUT2D eigenvalue weighted by Crippen LogP contribution is -2.53. The average molecular weight is 415 g/mol. The summed E-state index contributed by atoms with van der Waals surface area (Å²) in [4.78, 5) is 23.3. The molecule has 0 unspecified atom stereocenters. The number of nitrogens with zero attached hydrogens (tertiary/aromatic N) is 4. The van der Waals surface area contributed by atoms with Crippen molar-refractivity contribution in [1.82, 2.24) is 14.7 Å². The third-order valence-electron chi connectivity index (χ3n) is 5.84. The summed E-state index contributed by atoms with van der Waals surface area (Å²) in [5.74, 6) is 1.18. The fourth-order valence-corrected chi connectivity index (χ4v) is 4.85. The molecule has 4 rings (SSSR count). The van der Waals surface area contributed by atoms with Crippen LogP contribution in [-0.2, 0) is 11.3 Å². The minimum atomic E-state index is 0.270. The van der Waals surface area contributed by atoms with Gasteiger partial charge in [0.15, 0.2) is 0 Å². The van der Waals surface area contributed by atoms with Crippen molar-refractivity contribution in [3.05, 3.63) is 46.7 Å². The van der Waals surface area contributed by atoms with Crippen LogP contribution in [-0.4, -0.2) is 86.6 Å². The van der Waals surface area contributed by atoms with Gasteiger partial charge in [0.1, 0.15) is 5.75 Å². The van der Waals surface area contributed by atoms with E-state index in [4.69, 9.17) is 4.74 Å². The fourth-order valence-electron chi connectivity index (χ4n) is 4.11. The number of anilines is 1. The number of carbonyl (C=O) groups excluding carboxylic acids is 1. The molecule has 2 aliphatic heterocycles. The summed E-state index contributed by atoms with van der Waals surface area (Å²) in [5, 5.41) is 2.13. The van der Waals surface area contributed by atoms with E-state index >= 15 is 0 Å². The number of piperazine rings is 2. The predicted molar refractivity (Wildman–Crippen MR) is 118 cm³/mol. The Hall–Kier alpha value is -2.09. The maximum Gasteiger partial charge on any atom is 0.236 e. The van der Waals surface area contributed by atoms with Crippen molar-refractivity contribution in [2.45, 2.75) is 6.54 Å². The van der Waals surface area contributed by atoms with E-state index in [0.717, 1.165) is 70.3 Å². The first-order chi connectivity index (χ1) is 14.2. The third-order valence-corrected chi connectivity index (χ3v) is 6.70. The van der Waals surface area contributed by atoms with Gasteiger partial charge in [0, 0.05) is 63.8 Å². The van der Waals surface area contributed by atoms with Crippen LogP contribution in [0.2, 0.25) is 0 Å². The molecule has 2 aromatic rings. The lowest BCUT2D eigenvalue weighted by Gasteiger charge is -2.38. The van der Waals surface area contributed by atoms with E-state index < -0.39 is 0 Å². The lowest BCUT2D eigenvalue weighted by atomic mass is 10.2. The van der Waals surface area contributed by atoms with Crippen molar-refractivity contribution in [2.24, 2.45) is 0 Å². The summed E-state index contributed by atoms with van der Waals surface area (Å²) in [6.45, 7) is 8.79. The van der Waals surface area contributed by atoms with Gasteiger partial charge in [0.2, 0.25) is 5.91 Å². The zero-order valence-electron chi connectivity index (χ0n) is 17.1. The molecule has 0 atom stereocenters. The Morgan fingerprint density at radius 3 is 2.34 bits per heavy atom. The SMILES string of the molecule is COc1ccccc1N1CCN(CC(=O)N2CCN(Cc3cccs3)CC2)CC1.